The van der Waals surface area contributed by atoms with Crippen molar-refractivity contribution in [2.45, 2.75) is 110 Å². The predicted molar refractivity (Wildman–Crippen MR) is 118 cm³/mol. The maximum Gasteiger partial charge on any atom is 0.0577 e. The quantitative estimate of drug-likeness (QED) is 0.574. The number of allylic oxidation sites excluding steroid dienone is 1. The molecule has 0 spiro atoms. The van der Waals surface area contributed by atoms with Gasteiger partial charge in [0.2, 0.25) is 0 Å². The SMILES string of the molecule is CC(CCC(C)(C)N)C1CCC2C3CC=C4CC(O)CCC4(C)C3CCC12C. The molecule has 8 unspecified atom stereocenters. The molecule has 0 heterocycles. The Morgan fingerprint density at radius 1 is 1.14 bits per heavy atom. The molecule has 160 valence electrons. The van der Waals surface area contributed by atoms with Crippen molar-refractivity contribution in [1.29, 1.82) is 0 Å². The van der Waals surface area contributed by atoms with Crippen LogP contribution in [0.1, 0.15) is 98.8 Å². The molecule has 28 heavy (non-hydrogen) atoms. The first-order valence-electron chi connectivity index (χ1n) is 12.2. The first-order valence-corrected chi connectivity index (χ1v) is 12.2. The van der Waals surface area contributed by atoms with Crippen molar-refractivity contribution in [3.05, 3.63) is 11.6 Å². The van der Waals surface area contributed by atoms with Gasteiger partial charge in [-0.15, -0.1) is 0 Å². The molecular formula is C26H45NO. The molecule has 0 saturated heterocycles. The van der Waals surface area contributed by atoms with E-state index in [4.69, 9.17) is 5.73 Å². The lowest BCUT2D eigenvalue weighted by Crippen LogP contribution is -2.50. The summed E-state index contributed by atoms with van der Waals surface area (Å²) in [5.74, 6) is 4.32. The van der Waals surface area contributed by atoms with Crippen molar-refractivity contribution < 1.29 is 5.11 Å². The maximum absolute atomic E-state index is 10.2. The average molecular weight is 388 g/mol. The van der Waals surface area contributed by atoms with E-state index in [1.165, 1.54) is 44.9 Å². The van der Waals surface area contributed by atoms with Gasteiger partial charge in [0, 0.05) is 5.54 Å². The molecule has 4 aliphatic rings. The van der Waals surface area contributed by atoms with E-state index in [0.29, 0.717) is 10.8 Å². The molecular weight excluding hydrogens is 342 g/mol. The summed E-state index contributed by atoms with van der Waals surface area (Å²) in [5, 5.41) is 10.2. The molecule has 3 N–H and O–H groups in total. The summed E-state index contributed by atoms with van der Waals surface area (Å²) in [6.45, 7) is 12.1. The lowest BCUT2D eigenvalue weighted by atomic mass is 9.47. The van der Waals surface area contributed by atoms with Crippen molar-refractivity contribution in [2.75, 3.05) is 0 Å². The van der Waals surface area contributed by atoms with Crippen LogP contribution in [-0.2, 0) is 0 Å². The molecule has 3 fully saturated rings. The second-order valence-corrected chi connectivity index (χ2v) is 12.4. The Labute approximate surface area is 173 Å². The number of nitrogens with two attached hydrogens (primary N) is 1. The Hall–Kier alpha value is -0.340. The third kappa shape index (κ3) is 3.41. The Bertz CT molecular complexity index is 618. The first kappa shape index (κ1) is 20.9. The molecule has 0 aromatic rings. The minimum absolute atomic E-state index is 0.0322. The average Bonchev–Trinajstić information content (AvgIpc) is 2.97. The normalized spacial score (nSPS) is 47.0. The van der Waals surface area contributed by atoms with Crippen LogP contribution in [0.5, 0.6) is 0 Å². The molecule has 0 aromatic carbocycles. The van der Waals surface area contributed by atoms with Crippen LogP contribution in [0.4, 0.5) is 0 Å². The molecule has 2 heteroatoms. The van der Waals surface area contributed by atoms with Crippen LogP contribution in [0.25, 0.3) is 0 Å². The third-order valence-corrected chi connectivity index (χ3v) is 10.1. The lowest BCUT2D eigenvalue weighted by Gasteiger charge is -2.58. The Balaban J connectivity index is 1.52. The van der Waals surface area contributed by atoms with E-state index < -0.39 is 0 Å². The summed E-state index contributed by atoms with van der Waals surface area (Å²) in [7, 11) is 0. The van der Waals surface area contributed by atoms with Crippen LogP contribution >= 0.6 is 0 Å². The monoisotopic (exact) mass is 387 g/mol. The largest absolute Gasteiger partial charge is 0.393 e. The van der Waals surface area contributed by atoms with Gasteiger partial charge in [-0.3, -0.25) is 0 Å². The lowest BCUT2D eigenvalue weighted by molar-refractivity contribution is -0.0574. The highest BCUT2D eigenvalue weighted by molar-refractivity contribution is 5.25. The molecule has 0 bridgehead atoms. The minimum Gasteiger partial charge on any atom is -0.393 e. The smallest absolute Gasteiger partial charge is 0.0577 e. The van der Waals surface area contributed by atoms with Crippen molar-refractivity contribution in [1.82, 2.24) is 0 Å². The van der Waals surface area contributed by atoms with Gasteiger partial charge in [0.15, 0.2) is 0 Å². The highest BCUT2D eigenvalue weighted by atomic mass is 16.3. The first-order chi connectivity index (χ1) is 13.0. The number of hydrogen-bond donors (Lipinski definition) is 2. The van der Waals surface area contributed by atoms with Gasteiger partial charge in [-0.2, -0.15) is 0 Å². The predicted octanol–water partition coefficient (Wildman–Crippen LogP) is 6.08. The summed E-state index contributed by atoms with van der Waals surface area (Å²) in [6.07, 6.45) is 15.0. The van der Waals surface area contributed by atoms with Crippen LogP contribution in [0.2, 0.25) is 0 Å². The van der Waals surface area contributed by atoms with Gasteiger partial charge in [0.25, 0.3) is 0 Å². The number of fused-ring (bicyclic) bond motifs is 5. The van der Waals surface area contributed by atoms with Crippen molar-refractivity contribution >= 4 is 0 Å². The Kier molecular flexibility index (Phi) is 5.32. The fourth-order valence-electron chi connectivity index (χ4n) is 8.42. The second kappa shape index (κ2) is 7.12. The van der Waals surface area contributed by atoms with Gasteiger partial charge >= 0.3 is 0 Å². The molecule has 0 amide bonds. The fraction of sp³-hybridized carbons (Fsp3) is 0.923. The summed E-state index contributed by atoms with van der Waals surface area (Å²) in [6, 6.07) is 0. The summed E-state index contributed by atoms with van der Waals surface area (Å²) < 4.78 is 0. The minimum atomic E-state index is -0.0896. The molecule has 4 aliphatic carbocycles. The van der Waals surface area contributed by atoms with E-state index >= 15 is 0 Å². The number of aliphatic hydroxyl groups excluding tert-OH is 1. The topological polar surface area (TPSA) is 46.2 Å². The van der Waals surface area contributed by atoms with Crippen LogP contribution < -0.4 is 5.73 Å². The summed E-state index contributed by atoms with van der Waals surface area (Å²) >= 11 is 0. The molecule has 0 aromatic heterocycles. The number of hydrogen-bond acceptors (Lipinski definition) is 2. The van der Waals surface area contributed by atoms with Crippen LogP contribution in [0.15, 0.2) is 11.6 Å². The van der Waals surface area contributed by atoms with Gasteiger partial charge in [-0.1, -0.05) is 32.4 Å². The summed E-state index contributed by atoms with van der Waals surface area (Å²) in [4.78, 5) is 0. The summed E-state index contributed by atoms with van der Waals surface area (Å²) in [5.41, 5.74) is 8.77. The maximum atomic E-state index is 10.2. The molecule has 0 aliphatic heterocycles. The standard InChI is InChI=1S/C26H45NO/c1-17(10-13-24(2,3)27)21-8-9-22-20-7-6-18-16-19(28)11-14-25(18,4)23(20)12-15-26(21,22)5/h6,17,19-23,28H,7-16,27H2,1-5H3. The van der Waals surface area contributed by atoms with Gasteiger partial charge in [0.05, 0.1) is 6.10 Å². The molecule has 0 radical (unpaired) electrons. The van der Waals surface area contributed by atoms with E-state index in [2.05, 4.69) is 40.7 Å². The van der Waals surface area contributed by atoms with Crippen LogP contribution in [0, 0.1) is 40.4 Å². The molecule has 2 nitrogen and oxygen atoms in total. The Morgan fingerprint density at radius 2 is 1.89 bits per heavy atom. The van der Waals surface area contributed by atoms with Crippen molar-refractivity contribution in [3.8, 4) is 0 Å². The van der Waals surface area contributed by atoms with E-state index in [-0.39, 0.29) is 11.6 Å². The fourth-order valence-corrected chi connectivity index (χ4v) is 8.42. The molecule has 3 saturated carbocycles. The van der Waals surface area contributed by atoms with E-state index in [1.54, 1.807) is 5.57 Å². The zero-order valence-electron chi connectivity index (χ0n) is 19.1. The zero-order valence-corrected chi connectivity index (χ0v) is 19.1. The molecule has 8 atom stereocenters. The van der Waals surface area contributed by atoms with Gasteiger partial charge in [-0.05, 0) is 118 Å². The highest BCUT2D eigenvalue weighted by Gasteiger charge is 2.59. The van der Waals surface area contributed by atoms with Gasteiger partial charge < -0.3 is 10.8 Å². The van der Waals surface area contributed by atoms with Gasteiger partial charge in [-0.25, -0.2) is 0 Å². The van der Waals surface area contributed by atoms with Crippen molar-refractivity contribution in [2.24, 2.45) is 46.2 Å². The van der Waals surface area contributed by atoms with Gasteiger partial charge in [0.1, 0.15) is 0 Å². The Morgan fingerprint density at radius 3 is 2.61 bits per heavy atom. The van der Waals surface area contributed by atoms with E-state index in [9.17, 15) is 5.11 Å². The zero-order chi connectivity index (χ0) is 20.3. The van der Waals surface area contributed by atoms with Crippen LogP contribution in [-0.4, -0.2) is 16.7 Å². The van der Waals surface area contributed by atoms with Crippen molar-refractivity contribution in [3.63, 3.8) is 0 Å². The highest BCUT2D eigenvalue weighted by Crippen LogP contribution is 2.67. The van der Waals surface area contributed by atoms with E-state index in [0.717, 1.165) is 48.9 Å². The van der Waals surface area contributed by atoms with E-state index in [1.807, 2.05) is 0 Å². The number of aliphatic hydroxyl groups is 1. The number of rotatable bonds is 4. The van der Waals surface area contributed by atoms with Crippen LogP contribution in [0.3, 0.4) is 0 Å². The molecule has 4 rings (SSSR count). The second-order valence-electron chi connectivity index (χ2n) is 12.4. The third-order valence-electron chi connectivity index (χ3n) is 10.1.